The molecule has 3 aromatic carbocycles. The molecule has 1 aliphatic rings. The van der Waals surface area contributed by atoms with E-state index in [1.165, 1.54) is 31.4 Å². The van der Waals surface area contributed by atoms with Gasteiger partial charge in [-0.1, -0.05) is 41.4 Å². The van der Waals surface area contributed by atoms with Gasteiger partial charge in [0.2, 0.25) is 0 Å². The van der Waals surface area contributed by atoms with Crippen LogP contribution in [0, 0.1) is 5.82 Å². The van der Waals surface area contributed by atoms with Crippen LogP contribution >= 0.6 is 39.1 Å². The Balaban J connectivity index is 1.64. The Bertz CT molecular complexity index is 1430. The molecule has 1 N–H and O–H groups in total. The summed E-state index contributed by atoms with van der Waals surface area (Å²) in [6, 6.07) is 12.5. The van der Waals surface area contributed by atoms with Gasteiger partial charge in [-0.05, 0) is 69.5 Å². The molecular formula is C25H16BrCl2FN2O5. The molecule has 184 valence electrons. The highest BCUT2D eigenvalue weighted by Crippen LogP contribution is 2.38. The van der Waals surface area contributed by atoms with Crippen LogP contribution in [0.15, 0.2) is 64.6 Å². The standard InChI is InChI=1S/C25H16BrCl2FN2O5/c1-35-21-11-14(9-16(26)22(21)36-12-13-6-7-17(27)18(28)10-13)8-15-23(32)30-25(34)31(24(15)33)20-5-3-2-4-19(20)29/h2-11H,12H2,1H3,(H,30,32,34)/b15-8-. The van der Waals surface area contributed by atoms with Crippen molar-refractivity contribution in [3.8, 4) is 11.5 Å². The highest BCUT2D eigenvalue weighted by molar-refractivity contribution is 9.10. The Kier molecular flexibility index (Phi) is 7.63. The number of rotatable bonds is 6. The maximum atomic E-state index is 14.3. The number of imide groups is 2. The predicted octanol–water partition coefficient (Wildman–Crippen LogP) is 6.15. The van der Waals surface area contributed by atoms with Gasteiger partial charge in [-0.25, -0.2) is 14.1 Å². The zero-order valence-corrected chi connectivity index (χ0v) is 21.6. The molecule has 0 unspecified atom stereocenters. The first kappa shape index (κ1) is 25.7. The molecule has 0 aliphatic carbocycles. The molecule has 0 atom stereocenters. The zero-order chi connectivity index (χ0) is 26.0. The molecule has 1 aliphatic heterocycles. The monoisotopic (exact) mass is 592 g/mol. The van der Waals surface area contributed by atoms with E-state index in [1.54, 1.807) is 30.3 Å². The Labute approximate surface area is 223 Å². The Morgan fingerprint density at radius 2 is 1.81 bits per heavy atom. The van der Waals surface area contributed by atoms with Gasteiger partial charge in [-0.3, -0.25) is 14.9 Å². The van der Waals surface area contributed by atoms with Gasteiger partial charge in [0.1, 0.15) is 18.0 Å². The lowest BCUT2D eigenvalue weighted by atomic mass is 10.1. The number of urea groups is 1. The molecule has 3 aromatic rings. The Morgan fingerprint density at radius 1 is 1.06 bits per heavy atom. The number of benzene rings is 3. The molecule has 7 nitrogen and oxygen atoms in total. The number of para-hydroxylation sites is 1. The fraction of sp³-hybridized carbons (Fsp3) is 0.0800. The highest BCUT2D eigenvalue weighted by atomic mass is 79.9. The molecule has 0 aromatic heterocycles. The molecule has 11 heteroatoms. The lowest BCUT2D eigenvalue weighted by Gasteiger charge is -2.26. The number of nitrogens with zero attached hydrogens (tertiary/aromatic N) is 1. The Hall–Kier alpha value is -3.40. The number of nitrogens with one attached hydrogen (secondary N) is 1. The van der Waals surface area contributed by atoms with E-state index in [9.17, 15) is 18.8 Å². The molecule has 0 spiro atoms. The number of hydrogen-bond donors (Lipinski definition) is 1. The van der Waals surface area contributed by atoms with Crippen molar-refractivity contribution in [2.45, 2.75) is 6.61 Å². The largest absolute Gasteiger partial charge is 0.493 e. The van der Waals surface area contributed by atoms with Crippen molar-refractivity contribution >= 4 is 68.7 Å². The van der Waals surface area contributed by atoms with Crippen molar-refractivity contribution in [3.63, 3.8) is 0 Å². The van der Waals surface area contributed by atoms with Gasteiger partial charge < -0.3 is 9.47 Å². The summed E-state index contributed by atoms with van der Waals surface area (Å²) < 4.78 is 26.1. The van der Waals surface area contributed by atoms with Crippen molar-refractivity contribution in [2.24, 2.45) is 0 Å². The lowest BCUT2D eigenvalue weighted by Crippen LogP contribution is -2.54. The van der Waals surface area contributed by atoms with Crippen LogP contribution < -0.4 is 19.7 Å². The van der Waals surface area contributed by atoms with E-state index in [1.807, 2.05) is 0 Å². The molecule has 36 heavy (non-hydrogen) atoms. The van der Waals surface area contributed by atoms with Gasteiger partial charge in [-0.2, -0.15) is 0 Å². The van der Waals surface area contributed by atoms with Crippen LogP contribution in [0.1, 0.15) is 11.1 Å². The van der Waals surface area contributed by atoms with Crippen LogP contribution in [-0.2, 0) is 16.2 Å². The molecule has 1 saturated heterocycles. The summed E-state index contributed by atoms with van der Waals surface area (Å²) in [5, 5.41) is 2.88. The van der Waals surface area contributed by atoms with Crippen LogP contribution in [0.3, 0.4) is 0 Å². The van der Waals surface area contributed by atoms with E-state index in [4.69, 9.17) is 32.7 Å². The van der Waals surface area contributed by atoms with E-state index >= 15 is 0 Å². The number of hydrogen-bond acceptors (Lipinski definition) is 5. The SMILES string of the molecule is COc1cc(/C=C2/C(=O)NC(=O)N(c3ccccc3F)C2=O)cc(Br)c1OCc1ccc(Cl)c(Cl)c1. The molecule has 0 radical (unpaired) electrons. The first-order valence-electron chi connectivity index (χ1n) is 10.3. The number of carbonyl (C=O) groups excluding carboxylic acids is 3. The maximum Gasteiger partial charge on any atom is 0.336 e. The molecule has 4 rings (SSSR count). The third kappa shape index (κ3) is 5.23. The van der Waals surface area contributed by atoms with Crippen LogP contribution in [-0.4, -0.2) is 25.0 Å². The molecule has 0 bridgehead atoms. The van der Waals surface area contributed by atoms with E-state index in [0.717, 1.165) is 11.6 Å². The summed E-state index contributed by atoms with van der Waals surface area (Å²) in [6.07, 6.45) is 1.27. The number of halogens is 4. The molecule has 4 amide bonds. The normalized spacial score (nSPS) is 14.8. The molecular weight excluding hydrogens is 578 g/mol. The van der Waals surface area contributed by atoms with Gasteiger partial charge >= 0.3 is 6.03 Å². The lowest BCUT2D eigenvalue weighted by molar-refractivity contribution is -0.122. The summed E-state index contributed by atoms with van der Waals surface area (Å²) in [5.41, 5.74) is 0.522. The minimum Gasteiger partial charge on any atom is -0.493 e. The smallest absolute Gasteiger partial charge is 0.336 e. The zero-order valence-electron chi connectivity index (χ0n) is 18.5. The van der Waals surface area contributed by atoms with Crippen molar-refractivity contribution in [1.82, 2.24) is 5.32 Å². The summed E-state index contributed by atoms with van der Waals surface area (Å²) in [7, 11) is 1.43. The van der Waals surface area contributed by atoms with Gasteiger partial charge in [0.05, 0.1) is 27.3 Å². The quantitative estimate of drug-likeness (QED) is 0.274. The first-order chi connectivity index (χ1) is 17.2. The van der Waals surface area contributed by atoms with E-state index in [0.29, 0.717) is 36.5 Å². The molecule has 0 saturated carbocycles. The van der Waals surface area contributed by atoms with Crippen molar-refractivity contribution in [1.29, 1.82) is 0 Å². The number of ether oxygens (including phenoxy) is 2. The summed E-state index contributed by atoms with van der Waals surface area (Å²) >= 11 is 15.4. The number of methoxy groups -OCH3 is 1. The third-order valence-electron chi connectivity index (χ3n) is 5.12. The van der Waals surface area contributed by atoms with Crippen molar-refractivity contribution in [3.05, 3.63) is 91.6 Å². The van der Waals surface area contributed by atoms with E-state index in [-0.39, 0.29) is 17.9 Å². The van der Waals surface area contributed by atoms with E-state index < -0.39 is 23.7 Å². The summed E-state index contributed by atoms with van der Waals surface area (Å²) in [5.74, 6) is -1.99. The van der Waals surface area contributed by atoms with Gasteiger partial charge in [-0.15, -0.1) is 0 Å². The number of anilines is 1. The van der Waals surface area contributed by atoms with E-state index in [2.05, 4.69) is 21.2 Å². The Morgan fingerprint density at radius 3 is 2.50 bits per heavy atom. The minimum atomic E-state index is -1.04. The highest BCUT2D eigenvalue weighted by Gasteiger charge is 2.38. The number of carbonyl (C=O) groups is 3. The average molecular weight is 594 g/mol. The first-order valence-corrected chi connectivity index (χ1v) is 11.8. The van der Waals surface area contributed by atoms with Crippen LogP contribution in [0.2, 0.25) is 10.0 Å². The fourth-order valence-electron chi connectivity index (χ4n) is 3.42. The van der Waals surface area contributed by atoms with Crippen LogP contribution in [0.5, 0.6) is 11.5 Å². The second-order valence-electron chi connectivity index (χ2n) is 7.48. The molecule has 1 heterocycles. The van der Waals surface area contributed by atoms with Crippen LogP contribution in [0.4, 0.5) is 14.9 Å². The number of barbiturate groups is 1. The second-order valence-corrected chi connectivity index (χ2v) is 9.15. The van der Waals surface area contributed by atoms with Crippen LogP contribution in [0.25, 0.3) is 6.08 Å². The third-order valence-corrected chi connectivity index (χ3v) is 6.45. The summed E-state index contributed by atoms with van der Waals surface area (Å²) in [6.45, 7) is 0.160. The average Bonchev–Trinajstić information content (AvgIpc) is 2.84. The van der Waals surface area contributed by atoms with Crippen molar-refractivity contribution in [2.75, 3.05) is 12.0 Å². The minimum absolute atomic E-state index is 0.160. The maximum absolute atomic E-state index is 14.3. The number of amides is 4. The molecule has 1 fully saturated rings. The second kappa shape index (κ2) is 10.7. The predicted molar refractivity (Wildman–Crippen MR) is 137 cm³/mol. The summed E-state index contributed by atoms with van der Waals surface area (Å²) in [4.78, 5) is 38.4. The van der Waals surface area contributed by atoms with Crippen molar-refractivity contribution < 1.29 is 28.2 Å². The van der Waals surface area contributed by atoms with Gasteiger partial charge in [0, 0.05) is 0 Å². The fourth-order valence-corrected chi connectivity index (χ4v) is 4.32. The topological polar surface area (TPSA) is 84.9 Å². The van der Waals surface area contributed by atoms with Gasteiger partial charge in [0.15, 0.2) is 11.5 Å². The van der Waals surface area contributed by atoms with Gasteiger partial charge in [0.25, 0.3) is 11.8 Å².